The van der Waals surface area contributed by atoms with Crippen molar-refractivity contribution in [3.8, 4) is 0 Å². The maximum atomic E-state index is 11.8. The van der Waals surface area contributed by atoms with Crippen LogP contribution in [0.5, 0.6) is 0 Å². The fraction of sp³-hybridized carbons (Fsp3) is 0.913. The molecular weight excluding hydrogens is 324 g/mol. The van der Waals surface area contributed by atoms with Gasteiger partial charge in [0.15, 0.2) is 0 Å². The van der Waals surface area contributed by atoms with Gasteiger partial charge in [-0.2, -0.15) is 0 Å². The normalized spacial score (nSPS) is 10.8. The van der Waals surface area contributed by atoms with Gasteiger partial charge >= 0.3 is 5.97 Å². The summed E-state index contributed by atoms with van der Waals surface area (Å²) in [6.45, 7) is 5.00. The molecule has 0 saturated heterocycles. The molecule has 0 aliphatic heterocycles. The van der Waals surface area contributed by atoms with Gasteiger partial charge in [0.05, 0.1) is 6.61 Å². The van der Waals surface area contributed by atoms with E-state index in [1.807, 2.05) is 0 Å². The molecule has 3 heteroatoms. The highest BCUT2D eigenvalue weighted by Gasteiger charge is 2.05. The van der Waals surface area contributed by atoms with Crippen LogP contribution in [0, 0.1) is 0 Å². The van der Waals surface area contributed by atoms with E-state index in [0.717, 1.165) is 32.1 Å². The standard InChI is InChI=1S/C23H44O3/c1-3-5-7-9-10-11-13-17-21-26-23(25)20-16-15-19-22(24)18-14-12-8-6-4-2/h3-21H2,1-2H3. The lowest BCUT2D eigenvalue weighted by Crippen LogP contribution is -2.06. The van der Waals surface area contributed by atoms with Gasteiger partial charge in [0.2, 0.25) is 0 Å². The molecule has 0 rings (SSSR count). The monoisotopic (exact) mass is 368 g/mol. The van der Waals surface area contributed by atoms with E-state index in [1.165, 1.54) is 64.2 Å². The molecule has 0 radical (unpaired) electrons. The zero-order valence-electron chi connectivity index (χ0n) is 17.7. The van der Waals surface area contributed by atoms with Gasteiger partial charge in [-0.15, -0.1) is 0 Å². The molecule has 0 N–H and O–H groups in total. The Morgan fingerprint density at radius 1 is 0.538 bits per heavy atom. The van der Waals surface area contributed by atoms with Crippen molar-refractivity contribution in [1.29, 1.82) is 0 Å². The lowest BCUT2D eigenvalue weighted by molar-refractivity contribution is -0.144. The molecule has 0 amide bonds. The highest BCUT2D eigenvalue weighted by Crippen LogP contribution is 2.10. The van der Waals surface area contributed by atoms with Gasteiger partial charge in [0.1, 0.15) is 5.78 Å². The molecule has 0 atom stereocenters. The van der Waals surface area contributed by atoms with Gasteiger partial charge in [-0.05, 0) is 25.7 Å². The highest BCUT2D eigenvalue weighted by atomic mass is 16.5. The number of carbonyl (C=O) groups excluding carboxylic acids is 2. The third kappa shape index (κ3) is 19.5. The Kier molecular flexibility index (Phi) is 19.8. The van der Waals surface area contributed by atoms with Crippen LogP contribution >= 0.6 is 0 Å². The summed E-state index contributed by atoms with van der Waals surface area (Å²) >= 11 is 0. The van der Waals surface area contributed by atoms with Crippen molar-refractivity contribution in [2.75, 3.05) is 6.61 Å². The van der Waals surface area contributed by atoms with Gasteiger partial charge in [0.25, 0.3) is 0 Å². The molecular formula is C23H44O3. The molecule has 0 aliphatic carbocycles. The van der Waals surface area contributed by atoms with Gasteiger partial charge in [-0.25, -0.2) is 0 Å². The van der Waals surface area contributed by atoms with Crippen LogP contribution in [0.15, 0.2) is 0 Å². The highest BCUT2D eigenvalue weighted by molar-refractivity contribution is 5.78. The van der Waals surface area contributed by atoms with E-state index in [1.54, 1.807) is 0 Å². The lowest BCUT2D eigenvalue weighted by Gasteiger charge is -2.05. The summed E-state index contributed by atoms with van der Waals surface area (Å²) in [5.41, 5.74) is 0. The van der Waals surface area contributed by atoms with Gasteiger partial charge in [-0.3, -0.25) is 9.59 Å². The first-order valence-electron chi connectivity index (χ1n) is 11.4. The van der Waals surface area contributed by atoms with Crippen molar-refractivity contribution in [1.82, 2.24) is 0 Å². The zero-order valence-corrected chi connectivity index (χ0v) is 17.7. The van der Waals surface area contributed by atoms with E-state index < -0.39 is 0 Å². The van der Waals surface area contributed by atoms with Gasteiger partial charge < -0.3 is 4.74 Å². The molecule has 0 aliphatic rings. The first-order chi connectivity index (χ1) is 12.7. The summed E-state index contributed by atoms with van der Waals surface area (Å²) in [5.74, 6) is 0.258. The van der Waals surface area contributed by atoms with Crippen molar-refractivity contribution in [3.05, 3.63) is 0 Å². The predicted octanol–water partition coefficient (Wildman–Crippen LogP) is 7.16. The molecule has 0 bridgehead atoms. The van der Waals surface area contributed by atoms with E-state index in [9.17, 15) is 9.59 Å². The molecule has 0 saturated carbocycles. The van der Waals surface area contributed by atoms with Crippen LogP contribution in [-0.4, -0.2) is 18.4 Å². The number of ketones is 1. The molecule has 0 aromatic carbocycles. The third-order valence-electron chi connectivity index (χ3n) is 4.91. The van der Waals surface area contributed by atoms with Crippen molar-refractivity contribution >= 4 is 11.8 Å². The fourth-order valence-electron chi connectivity index (χ4n) is 3.14. The average Bonchev–Trinajstić information content (AvgIpc) is 2.63. The second-order valence-corrected chi connectivity index (χ2v) is 7.61. The van der Waals surface area contributed by atoms with Crippen molar-refractivity contribution in [3.63, 3.8) is 0 Å². The molecule has 0 fully saturated rings. The SMILES string of the molecule is CCCCCCCCCCOC(=O)CCCCC(=O)CCCCCCC. The molecule has 0 aromatic heterocycles. The topological polar surface area (TPSA) is 43.4 Å². The Labute approximate surface area is 162 Å². The number of unbranched alkanes of at least 4 members (excludes halogenated alkanes) is 12. The maximum Gasteiger partial charge on any atom is 0.305 e. The number of esters is 1. The molecule has 26 heavy (non-hydrogen) atoms. The van der Waals surface area contributed by atoms with E-state index in [4.69, 9.17) is 4.74 Å². The predicted molar refractivity (Wildman–Crippen MR) is 110 cm³/mol. The van der Waals surface area contributed by atoms with Crippen LogP contribution in [0.1, 0.15) is 129 Å². The Balaban J connectivity index is 3.29. The minimum Gasteiger partial charge on any atom is -0.466 e. The van der Waals surface area contributed by atoms with E-state index in [2.05, 4.69) is 13.8 Å². The van der Waals surface area contributed by atoms with Crippen molar-refractivity contribution < 1.29 is 14.3 Å². The minimum atomic E-state index is -0.0973. The van der Waals surface area contributed by atoms with Crippen LogP contribution < -0.4 is 0 Å². The quantitative estimate of drug-likeness (QED) is 0.169. The Hall–Kier alpha value is -0.860. The fourth-order valence-corrected chi connectivity index (χ4v) is 3.14. The Bertz CT molecular complexity index is 325. The largest absolute Gasteiger partial charge is 0.466 e. The summed E-state index contributed by atoms with van der Waals surface area (Å²) in [7, 11) is 0. The van der Waals surface area contributed by atoms with Crippen LogP contribution in [0.3, 0.4) is 0 Å². The number of hydrogen-bond donors (Lipinski definition) is 0. The number of ether oxygens (including phenoxy) is 1. The van der Waals surface area contributed by atoms with E-state index in [0.29, 0.717) is 31.7 Å². The Morgan fingerprint density at radius 2 is 0.962 bits per heavy atom. The van der Waals surface area contributed by atoms with Crippen molar-refractivity contribution in [2.24, 2.45) is 0 Å². The van der Waals surface area contributed by atoms with Crippen LogP contribution in [-0.2, 0) is 14.3 Å². The Morgan fingerprint density at radius 3 is 1.54 bits per heavy atom. The van der Waals surface area contributed by atoms with Gasteiger partial charge in [-0.1, -0.05) is 84.5 Å². The first kappa shape index (κ1) is 25.1. The number of rotatable bonds is 20. The zero-order chi connectivity index (χ0) is 19.3. The van der Waals surface area contributed by atoms with Gasteiger partial charge in [0, 0.05) is 19.3 Å². The first-order valence-corrected chi connectivity index (χ1v) is 11.4. The number of Topliss-reactive ketones (excluding diaryl/α,β-unsaturated/α-hetero) is 1. The molecule has 0 unspecified atom stereocenters. The molecule has 0 spiro atoms. The van der Waals surface area contributed by atoms with Crippen LogP contribution in [0.2, 0.25) is 0 Å². The third-order valence-corrected chi connectivity index (χ3v) is 4.91. The average molecular weight is 369 g/mol. The second-order valence-electron chi connectivity index (χ2n) is 7.61. The summed E-state index contributed by atoms with van der Waals surface area (Å²) in [6.07, 6.45) is 19.4. The van der Waals surface area contributed by atoms with Crippen LogP contribution in [0.25, 0.3) is 0 Å². The minimum absolute atomic E-state index is 0.0973. The molecule has 3 nitrogen and oxygen atoms in total. The molecule has 0 heterocycles. The summed E-state index contributed by atoms with van der Waals surface area (Å²) in [4.78, 5) is 23.4. The maximum absolute atomic E-state index is 11.8. The lowest BCUT2D eigenvalue weighted by atomic mass is 10.0. The second kappa shape index (κ2) is 20.5. The summed E-state index contributed by atoms with van der Waals surface area (Å²) < 4.78 is 5.27. The van der Waals surface area contributed by atoms with E-state index in [-0.39, 0.29) is 5.97 Å². The number of carbonyl (C=O) groups is 2. The molecule has 0 aromatic rings. The van der Waals surface area contributed by atoms with Crippen LogP contribution in [0.4, 0.5) is 0 Å². The smallest absolute Gasteiger partial charge is 0.305 e. The van der Waals surface area contributed by atoms with E-state index >= 15 is 0 Å². The molecule has 154 valence electrons. The summed E-state index contributed by atoms with van der Waals surface area (Å²) in [6, 6.07) is 0. The summed E-state index contributed by atoms with van der Waals surface area (Å²) in [5, 5.41) is 0. The van der Waals surface area contributed by atoms with Crippen molar-refractivity contribution in [2.45, 2.75) is 129 Å². The number of hydrogen-bond acceptors (Lipinski definition) is 3.